The van der Waals surface area contributed by atoms with Crippen LogP contribution in [0.25, 0.3) is 10.9 Å². The van der Waals surface area contributed by atoms with E-state index in [0.29, 0.717) is 5.39 Å². The summed E-state index contributed by atoms with van der Waals surface area (Å²) in [5.74, 6) is 1.59. The molecule has 0 aliphatic rings. The van der Waals surface area contributed by atoms with Crippen molar-refractivity contribution >= 4 is 16.7 Å². The largest absolute Gasteiger partial charge is 0.490 e. The number of aryl methyl sites for hydroxylation is 1. The molecule has 4 aromatic rings. The summed E-state index contributed by atoms with van der Waals surface area (Å²) in [5.41, 5.74) is 1.84. The number of aromatic amines is 2. The maximum atomic E-state index is 11.7. The number of imidazole rings is 1. The van der Waals surface area contributed by atoms with E-state index >= 15 is 0 Å². The Labute approximate surface area is 162 Å². The topological polar surface area (TPSA) is 87.7 Å². The van der Waals surface area contributed by atoms with E-state index in [-0.39, 0.29) is 11.7 Å². The van der Waals surface area contributed by atoms with Gasteiger partial charge in [-0.2, -0.15) is 0 Å². The Morgan fingerprint density at radius 3 is 2.82 bits per heavy atom. The summed E-state index contributed by atoms with van der Waals surface area (Å²) in [6, 6.07) is 15.8. The van der Waals surface area contributed by atoms with E-state index in [2.05, 4.69) is 32.6 Å². The van der Waals surface area contributed by atoms with Crippen molar-refractivity contribution in [2.24, 2.45) is 7.05 Å². The number of ether oxygens (including phenoxy) is 1. The van der Waals surface area contributed by atoms with Gasteiger partial charge in [-0.05, 0) is 17.7 Å². The normalized spacial score (nSPS) is 12.2. The zero-order chi connectivity index (χ0) is 19.3. The summed E-state index contributed by atoms with van der Waals surface area (Å²) in [6.07, 6.45) is 5.32. The number of nitrogens with one attached hydrogen (secondary N) is 3. The number of H-pyrrole nitrogens is 2. The monoisotopic (exact) mass is 377 g/mol. The van der Waals surface area contributed by atoms with Crippen LogP contribution in [0.4, 0.5) is 5.82 Å². The zero-order valence-corrected chi connectivity index (χ0v) is 15.7. The molecule has 7 nitrogen and oxygen atoms in total. The molecule has 2 heterocycles. The Hall–Kier alpha value is -3.48. The minimum atomic E-state index is -0.123. The number of anilines is 1. The van der Waals surface area contributed by atoms with Gasteiger partial charge in [-0.25, -0.2) is 4.98 Å². The minimum absolute atomic E-state index is 0.0123. The molecule has 28 heavy (non-hydrogen) atoms. The fourth-order valence-corrected chi connectivity index (χ4v) is 3.23. The second kappa shape index (κ2) is 8.04. The lowest BCUT2D eigenvalue weighted by Crippen LogP contribution is -2.23. The molecule has 2 aromatic carbocycles. The molecule has 2 aromatic heterocycles. The van der Waals surface area contributed by atoms with Crippen molar-refractivity contribution in [1.82, 2.24) is 19.7 Å². The number of benzene rings is 2. The predicted molar refractivity (Wildman–Crippen MR) is 110 cm³/mol. The number of hydrogen-bond donors (Lipinski definition) is 3. The fraction of sp³-hybridized carbons (Fsp3) is 0.238. The SMILES string of the molecule is Cn1cnc(NCCC(Cc2ccccc2)Oc2ccc3c(=O)[nH][nH]c3c2)c1. The van der Waals surface area contributed by atoms with Crippen LogP contribution in [0.5, 0.6) is 5.75 Å². The molecule has 0 aliphatic heterocycles. The standard InChI is InChI=1S/C21H23N5O2/c1-26-13-20(23-14-26)22-10-9-17(11-15-5-3-2-4-6-15)28-16-7-8-18-19(12-16)24-25-21(18)27/h2-8,12-14,17,22H,9-11H2,1H3,(H2,24,25,27). The van der Waals surface area contributed by atoms with Crippen LogP contribution in [0.3, 0.4) is 0 Å². The molecule has 0 amide bonds. The molecule has 0 bridgehead atoms. The van der Waals surface area contributed by atoms with Crippen LogP contribution >= 0.6 is 0 Å². The molecular formula is C21H23N5O2. The highest BCUT2D eigenvalue weighted by Gasteiger charge is 2.13. The highest BCUT2D eigenvalue weighted by Crippen LogP contribution is 2.20. The highest BCUT2D eigenvalue weighted by molar-refractivity contribution is 5.79. The van der Waals surface area contributed by atoms with Gasteiger partial charge in [0, 0.05) is 38.7 Å². The molecule has 144 valence electrons. The van der Waals surface area contributed by atoms with E-state index in [1.807, 2.05) is 48.1 Å². The van der Waals surface area contributed by atoms with Crippen LogP contribution in [0, 0.1) is 0 Å². The Morgan fingerprint density at radius 1 is 1.18 bits per heavy atom. The number of nitrogens with zero attached hydrogens (tertiary/aromatic N) is 2. The Balaban J connectivity index is 1.46. The highest BCUT2D eigenvalue weighted by atomic mass is 16.5. The van der Waals surface area contributed by atoms with Gasteiger partial charge in [-0.15, -0.1) is 0 Å². The second-order valence-electron chi connectivity index (χ2n) is 6.86. The maximum Gasteiger partial charge on any atom is 0.271 e. The molecule has 0 saturated carbocycles. The first kappa shape index (κ1) is 17.9. The van der Waals surface area contributed by atoms with Crippen molar-refractivity contribution in [2.45, 2.75) is 18.9 Å². The molecule has 0 aliphatic carbocycles. The predicted octanol–water partition coefficient (Wildman–Crippen LogP) is 3.08. The first-order valence-electron chi connectivity index (χ1n) is 9.30. The van der Waals surface area contributed by atoms with E-state index in [0.717, 1.165) is 36.5 Å². The van der Waals surface area contributed by atoms with E-state index in [1.54, 1.807) is 12.4 Å². The quantitative estimate of drug-likeness (QED) is 0.440. The van der Waals surface area contributed by atoms with Gasteiger partial charge < -0.3 is 14.6 Å². The number of aromatic nitrogens is 4. The smallest absolute Gasteiger partial charge is 0.271 e. The lowest BCUT2D eigenvalue weighted by atomic mass is 10.1. The van der Waals surface area contributed by atoms with Crippen molar-refractivity contribution in [3.8, 4) is 5.75 Å². The van der Waals surface area contributed by atoms with E-state index in [1.165, 1.54) is 5.56 Å². The van der Waals surface area contributed by atoms with Gasteiger partial charge in [0.1, 0.15) is 17.7 Å². The van der Waals surface area contributed by atoms with Gasteiger partial charge in [-0.3, -0.25) is 15.0 Å². The van der Waals surface area contributed by atoms with Gasteiger partial charge in [0.2, 0.25) is 0 Å². The summed E-state index contributed by atoms with van der Waals surface area (Å²) in [4.78, 5) is 16.0. The summed E-state index contributed by atoms with van der Waals surface area (Å²) in [7, 11) is 1.95. The molecule has 0 saturated heterocycles. The molecule has 3 N–H and O–H groups in total. The third-order valence-corrected chi connectivity index (χ3v) is 4.63. The third-order valence-electron chi connectivity index (χ3n) is 4.63. The summed E-state index contributed by atoms with van der Waals surface area (Å²) < 4.78 is 8.19. The summed E-state index contributed by atoms with van der Waals surface area (Å²) in [5, 5.41) is 9.44. The van der Waals surface area contributed by atoms with Crippen molar-refractivity contribution in [3.63, 3.8) is 0 Å². The van der Waals surface area contributed by atoms with Crippen LogP contribution < -0.4 is 15.6 Å². The average Bonchev–Trinajstić information content (AvgIpc) is 3.28. The molecule has 1 atom stereocenters. The average molecular weight is 377 g/mol. The lowest BCUT2D eigenvalue weighted by molar-refractivity contribution is 0.195. The van der Waals surface area contributed by atoms with E-state index < -0.39 is 0 Å². The number of hydrogen-bond acceptors (Lipinski definition) is 4. The zero-order valence-electron chi connectivity index (χ0n) is 15.7. The van der Waals surface area contributed by atoms with Gasteiger partial charge >= 0.3 is 0 Å². The van der Waals surface area contributed by atoms with Gasteiger partial charge in [-0.1, -0.05) is 30.3 Å². The fourth-order valence-electron chi connectivity index (χ4n) is 3.23. The molecular weight excluding hydrogens is 354 g/mol. The molecule has 4 rings (SSSR count). The lowest BCUT2D eigenvalue weighted by Gasteiger charge is -2.20. The first-order valence-corrected chi connectivity index (χ1v) is 9.30. The molecule has 0 spiro atoms. The van der Waals surface area contributed by atoms with Gasteiger partial charge in [0.05, 0.1) is 17.2 Å². The van der Waals surface area contributed by atoms with Crippen LogP contribution in [0.2, 0.25) is 0 Å². The molecule has 0 radical (unpaired) electrons. The van der Waals surface area contributed by atoms with Crippen LogP contribution in [0.15, 0.2) is 65.8 Å². The van der Waals surface area contributed by atoms with E-state index in [9.17, 15) is 4.79 Å². The van der Waals surface area contributed by atoms with Crippen LogP contribution in [-0.4, -0.2) is 32.4 Å². The Kier molecular flexibility index (Phi) is 5.14. The summed E-state index contributed by atoms with van der Waals surface area (Å²) in [6.45, 7) is 0.748. The van der Waals surface area contributed by atoms with Crippen molar-refractivity contribution in [1.29, 1.82) is 0 Å². The summed E-state index contributed by atoms with van der Waals surface area (Å²) >= 11 is 0. The molecule has 1 unspecified atom stereocenters. The van der Waals surface area contributed by atoms with Crippen molar-refractivity contribution < 1.29 is 4.74 Å². The van der Waals surface area contributed by atoms with E-state index in [4.69, 9.17) is 4.74 Å². The molecule has 0 fully saturated rings. The number of rotatable bonds is 8. The first-order chi connectivity index (χ1) is 13.7. The van der Waals surface area contributed by atoms with Crippen molar-refractivity contribution in [3.05, 3.63) is 77.0 Å². The van der Waals surface area contributed by atoms with Crippen LogP contribution in [0.1, 0.15) is 12.0 Å². The van der Waals surface area contributed by atoms with Crippen molar-refractivity contribution in [2.75, 3.05) is 11.9 Å². The van der Waals surface area contributed by atoms with Gasteiger partial charge in [0.25, 0.3) is 5.56 Å². The third kappa shape index (κ3) is 4.25. The number of fused-ring (bicyclic) bond motifs is 1. The second-order valence-corrected chi connectivity index (χ2v) is 6.86. The minimum Gasteiger partial charge on any atom is -0.490 e. The van der Waals surface area contributed by atoms with Gasteiger partial charge in [0.15, 0.2) is 0 Å². The van der Waals surface area contributed by atoms with Crippen LogP contribution in [-0.2, 0) is 13.5 Å². The molecule has 7 heteroatoms. The Bertz CT molecular complexity index is 1100. The Morgan fingerprint density at radius 2 is 2.04 bits per heavy atom. The maximum absolute atomic E-state index is 11.7.